The molecule has 1 aliphatic heterocycles. The van der Waals surface area contributed by atoms with E-state index in [9.17, 15) is 9.90 Å². The molecule has 2 heterocycles. The van der Waals surface area contributed by atoms with E-state index in [-0.39, 0.29) is 12.5 Å². The Labute approximate surface area is 163 Å². The summed E-state index contributed by atoms with van der Waals surface area (Å²) in [6.45, 7) is 1.32. The number of benzene rings is 2. The van der Waals surface area contributed by atoms with Gasteiger partial charge in [0.15, 0.2) is 5.76 Å². The maximum Gasteiger partial charge on any atom is 0.289 e. The van der Waals surface area contributed by atoms with Crippen LogP contribution in [0.15, 0.2) is 65.1 Å². The fourth-order valence-electron chi connectivity index (χ4n) is 5.87. The molecule has 1 aromatic heterocycles. The summed E-state index contributed by atoms with van der Waals surface area (Å²) in [4.78, 5) is 15.0. The van der Waals surface area contributed by atoms with Crippen LogP contribution in [0.2, 0.25) is 0 Å². The molecule has 4 aliphatic rings. The van der Waals surface area contributed by atoms with Crippen LogP contribution in [-0.2, 0) is 6.61 Å². The second-order valence-corrected chi connectivity index (χ2v) is 8.18. The van der Waals surface area contributed by atoms with E-state index in [1.807, 2.05) is 4.90 Å². The van der Waals surface area contributed by atoms with Gasteiger partial charge in [-0.05, 0) is 46.2 Å². The van der Waals surface area contributed by atoms with E-state index in [0.717, 1.165) is 13.1 Å². The highest BCUT2D eigenvalue weighted by molar-refractivity contribution is 5.92. The predicted octanol–water partition coefficient (Wildman–Crippen LogP) is 3.75. The summed E-state index contributed by atoms with van der Waals surface area (Å²) < 4.78 is 5.51. The number of carbonyl (C=O) groups excluding carboxylic acids is 1. The standard InChI is InChI=1S/C24H21NO3/c26-13-14-9-10-21(28-14)24(27)25-11-19-20(12-25)23-16-6-2-1-5-15(16)22(19)17-7-3-4-8-18(17)23/h1-10,19-20,22-23,26H,11-13H2. The molecular formula is C24H21NO3. The number of furan rings is 1. The summed E-state index contributed by atoms with van der Waals surface area (Å²) in [5.74, 6) is 2.26. The quantitative estimate of drug-likeness (QED) is 0.746. The third kappa shape index (κ3) is 2.07. The number of likely N-dealkylation sites (tertiary alicyclic amines) is 1. The number of hydrogen-bond acceptors (Lipinski definition) is 3. The fraction of sp³-hybridized carbons (Fsp3) is 0.292. The lowest BCUT2D eigenvalue weighted by Crippen LogP contribution is -2.39. The van der Waals surface area contributed by atoms with E-state index in [2.05, 4.69) is 48.5 Å². The van der Waals surface area contributed by atoms with Crippen molar-refractivity contribution in [1.29, 1.82) is 0 Å². The van der Waals surface area contributed by atoms with Crippen LogP contribution in [-0.4, -0.2) is 29.0 Å². The first-order valence-electron chi connectivity index (χ1n) is 9.92. The summed E-state index contributed by atoms with van der Waals surface area (Å²) in [5.41, 5.74) is 5.73. The molecule has 2 bridgehead atoms. The van der Waals surface area contributed by atoms with Crippen molar-refractivity contribution in [3.8, 4) is 0 Å². The summed E-state index contributed by atoms with van der Waals surface area (Å²) in [6, 6.07) is 21.0. The van der Waals surface area contributed by atoms with Crippen LogP contribution in [0, 0.1) is 11.8 Å². The number of rotatable bonds is 2. The lowest BCUT2D eigenvalue weighted by molar-refractivity contribution is 0.0747. The number of nitrogens with zero attached hydrogens (tertiary/aromatic N) is 1. The molecule has 0 saturated carbocycles. The molecule has 4 heteroatoms. The lowest BCUT2D eigenvalue weighted by Gasteiger charge is -2.47. The number of aliphatic hydroxyl groups excluding tert-OH is 1. The Morgan fingerprint density at radius 1 is 0.857 bits per heavy atom. The van der Waals surface area contributed by atoms with Gasteiger partial charge in [-0.1, -0.05) is 48.5 Å². The topological polar surface area (TPSA) is 53.7 Å². The first-order valence-corrected chi connectivity index (χ1v) is 9.92. The molecular weight excluding hydrogens is 350 g/mol. The number of hydrogen-bond donors (Lipinski definition) is 1. The zero-order chi connectivity index (χ0) is 18.8. The minimum Gasteiger partial charge on any atom is -0.453 e. The molecule has 28 heavy (non-hydrogen) atoms. The fourth-order valence-corrected chi connectivity index (χ4v) is 5.87. The van der Waals surface area contributed by atoms with Gasteiger partial charge in [0.05, 0.1) is 0 Å². The smallest absolute Gasteiger partial charge is 0.289 e. The molecule has 2 unspecified atom stereocenters. The SMILES string of the molecule is O=C(c1ccc(CO)o1)N1CC2C3c4ccccc4C(c4ccccc43)C2C1. The van der Waals surface area contributed by atoms with Crippen molar-refractivity contribution in [3.05, 3.63) is 94.4 Å². The van der Waals surface area contributed by atoms with Crippen molar-refractivity contribution in [2.45, 2.75) is 18.4 Å². The normalized spacial score (nSPS) is 26.7. The monoisotopic (exact) mass is 371 g/mol. The predicted molar refractivity (Wildman–Crippen MR) is 104 cm³/mol. The van der Waals surface area contributed by atoms with Gasteiger partial charge in [-0.25, -0.2) is 0 Å². The summed E-state index contributed by atoms with van der Waals surface area (Å²) in [5, 5.41) is 9.23. The molecule has 3 aromatic rings. The van der Waals surface area contributed by atoms with Crippen LogP contribution >= 0.6 is 0 Å². The molecule has 140 valence electrons. The van der Waals surface area contributed by atoms with Gasteiger partial charge in [0.25, 0.3) is 5.91 Å². The Bertz CT molecular complexity index is 979. The van der Waals surface area contributed by atoms with Crippen molar-refractivity contribution in [3.63, 3.8) is 0 Å². The summed E-state index contributed by atoms with van der Waals surface area (Å²) in [7, 11) is 0. The van der Waals surface area contributed by atoms with Crippen LogP contribution in [0.3, 0.4) is 0 Å². The Morgan fingerprint density at radius 2 is 1.36 bits per heavy atom. The van der Waals surface area contributed by atoms with Gasteiger partial charge in [-0.2, -0.15) is 0 Å². The van der Waals surface area contributed by atoms with E-state index in [1.165, 1.54) is 22.3 Å². The maximum absolute atomic E-state index is 13.0. The zero-order valence-electron chi connectivity index (χ0n) is 15.4. The van der Waals surface area contributed by atoms with Crippen molar-refractivity contribution in [2.24, 2.45) is 11.8 Å². The Kier molecular flexibility index (Phi) is 3.36. The van der Waals surface area contributed by atoms with E-state index >= 15 is 0 Å². The molecule has 3 aliphatic carbocycles. The average Bonchev–Trinajstić information content (AvgIpc) is 3.40. The van der Waals surface area contributed by atoms with E-state index < -0.39 is 0 Å². The molecule has 0 spiro atoms. The third-order valence-electron chi connectivity index (χ3n) is 6.92. The van der Waals surface area contributed by atoms with Gasteiger partial charge in [0.1, 0.15) is 12.4 Å². The molecule has 2 aromatic carbocycles. The minimum atomic E-state index is -0.187. The highest BCUT2D eigenvalue weighted by atomic mass is 16.4. The molecule has 2 atom stereocenters. The molecule has 1 fully saturated rings. The minimum absolute atomic E-state index is 0.0680. The number of aliphatic hydroxyl groups is 1. The largest absolute Gasteiger partial charge is 0.453 e. The van der Waals surface area contributed by atoms with Gasteiger partial charge in [0.2, 0.25) is 0 Å². The summed E-state index contributed by atoms with van der Waals surface area (Å²) in [6.07, 6.45) is 0. The van der Waals surface area contributed by atoms with Gasteiger partial charge >= 0.3 is 0 Å². The van der Waals surface area contributed by atoms with Gasteiger partial charge < -0.3 is 14.4 Å². The Hall–Kier alpha value is -2.85. The molecule has 0 radical (unpaired) electrons. The molecule has 7 rings (SSSR count). The first kappa shape index (κ1) is 16.1. The Balaban J connectivity index is 1.40. The highest BCUT2D eigenvalue weighted by Crippen LogP contribution is 2.60. The number of amides is 1. The molecule has 4 nitrogen and oxygen atoms in total. The van der Waals surface area contributed by atoms with Gasteiger partial charge in [0, 0.05) is 24.9 Å². The Morgan fingerprint density at radius 3 is 1.79 bits per heavy atom. The molecule has 1 saturated heterocycles. The second-order valence-electron chi connectivity index (χ2n) is 8.18. The first-order chi connectivity index (χ1) is 13.8. The van der Waals surface area contributed by atoms with Crippen molar-refractivity contribution >= 4 is 5.91 Å². The second kappa shape index (κ2) is 5.82. The van der Waals surface area contributed by atoms with Crippen molar-refractivity contribution < 1.29 is 14.3 Å². The molecule has 1 amide bonds. The lowest BCUT2D eigenvalue weighted by atomic mass is 9.55. The van der Waals surface area contributed by atoms with E-state index in [1.54, 1.807) is 12.1 Å². The molecule has 1 N–H and O–H groups in total. The summed E-state index contributed by atoms with van der Waals surface area (Å²) >= 11 is 0. The van der Waals surface area contributed by atoms with Crippen LogP contribution in [0.4, 0.5) is 0 Å². The zero-order valence-corrected chi connectivity index (χ0v) is 15.4. The van der Waals surface area contributed by atoms with E-state index in [0.29, 0.717) is 35.2 Å². The highest BCUT2D eigenvalue weighted by Gasteiger charge is 2.53. The number of carbonyl (C=O) groups is 1. The van der Waals surface area contributed by atoms with Crippen LogP contribution in [0.1, 0.15) is 50.4 Å². The van der Waals surface area contributed by atoms with E-state index in [4.69, 9.17) is 4.42 Å². The average molecular weight is 371 g/mol. The van der Waals surface area contributed by atoms with Gasteiger partial charge in [-0.15, -0.1) is 0 Å². The van der Waals surface area contributed by atoms with Gasteiger partial charge in [-0.3, -0.25) is 4.79 Å². The maximum atomic E-state index is 13.0. The van der Waals surface area contributed by atoms with Crippen LogP contribution in [0.5, 0.6) is 0 Å². The van der Waals surface area contributed by atoms with Crippen molar-refractivity contribution in [1.82, 2.24) is 4.90 Å². The third-order valence-corrected chi connectivity index (χ3v) is 6.92. The van der Waals surface area contributed by atoms with Crippen LogP contribution < -0.4 is 0 Å². The van der Waals surface area contributed by atoms with Crippen molar-refractivity contribution in [2.75, 3.05) is 13.1 Å². The van der Waals surface area contributed by atoms with Crippen LogP contribution in [0.25, 0.3) is 0 Å².